The van der Waals surface area contributed by atoms with Crippen LogP contribution in [0.25, 0.3) is 0 Å². The number of nitrogens with zero attached hydrogens (tertiary/aromatic N) is 2. The summed E-state index contributed by atoms with van der Waals surface area (Å²) in [5.41, 5.74) is 7.68. The van der Waals surface area contributed by atoms with E-state index in [2.05, 4.69) is 22.0 Å². The standard InChI is InChI=1S/C15H20ClN3S/c16-13-3-1-12(2-4-13)15(5-6-15)11-18-14(17)19-7-9-20-10-8-19/h1-4H,5-11H2,(H2,17,18). The number of hydrogen-bond acceptors (Lipinski definition) is 2. The van der Waals surface area contributed by atoms with Gasteiger partial charge in [0.2, 0.25) is 0 Å². The molecule has 1 aromatic carbocycles. The molecule has 5 heteroatoms. The zero-order valence-electron chi connectivity index (χ0n) is 11.5. The Kier molecular flexibility index (Phi) is 4.13. The summed E-state index contributed by atoms with van der Waals surface area (Å²) < 4.78 is 0. The maximum Gasteiger partial charge on any atom is 0.191 e. The number of hydrogen-bond donors (Lipinski definition) is 1. The van der Waals surface area contributed by atoms with Gasteiger partial charge in [0.05, 0.1) is 6.54 Å². The monoisotopic (exact) mass is 309 g/mol. The Balaban J connectivity index is 1.66. The van der Waals surface area contributed by atoms with Gasteiger partial charge in [0.15, 0.2) is 5.96 Å². The molecule has 1 aliphatic heterocycles. The van der Waals surface area contributed by atoms with Gasteiger partial charge in [-0.1, -0.05) is 23.7 Å². The van der Waals surface area contributed by atoms with Crippen molar-refractivity contribution in [1.29, 1.82) is 0 Å². The first-order chi connectivity index (χ1) is 9.70. The summed E-state index contributed by atoms with van der Waals surface area (Å²) in [4.78, 5) is 6.86. The molecular formula is C15H20ClN3S. The van der Waals surface area contributed by atoms with Crippen LogP contribution in [0.15, 0.2) is 29.3 Å². The average molecular weight is 310 g/mol. The molecule has 3 rings (SSSR count). The second-order valence-electron chi connectivity index (χ2n) is 5.56. The lowest BCUT2D eigenvalue weighted by Gasteiger charge is -2.27. The molecule has 108 valence electrons. The molecule has 2 N–H and O–H groups in total. The first-order valence-corrected chi connectivity index (χ1v) is 8.62. The summed E-state index contributed by atoms with van der Waals surface area (Å²) in [7, 11) is 0. The molecule has 2 aliphatic rings. The fourth-order valence-corrected chi connectivity index (χ4v) is 3.65. The predicted molar refractivity (Wildman–Crippen MR) is 87.8 cm³/mol. The summed E-state index contributed by atoms with van der Waals surface area (Å²) in [5, 5.41) is 0.790. The van der Waals surface area contributed by atoms with Crippen LogP contribution in [0, 0.1) is 0 Å². The van der Waals surface area contributed by atoms with Crippen molar-refractivity contribution in [3.8, 4) is 0 Å². The highest BCUT2D eigenvalue weighted by molar-refractivity contribution is 7.99. The van der Waals surface area contributed by atoms with Gasteiger partial charge in [0.1, 0.15) is 0 Å². The lowest BCUT2D eigenvalue weighted by molar-refractivity contribution is 0.454. The number of aliphatic imine (C=N–C) groups is 1. The van der Waals surface area contributed by atoms with Crippen LogP contribution in [-0.2, 0) is 5.41 Å². The Bertz CT molecular complexity index is 490. The molecule has 2 fully saturated rings. The maximum atomic E-state index is 6.13. The molecule has 0 amide bonds. The van der Waals surface area contributed by atoms with Crippen LogP contribution in [0.5, 0.6) is 0 Å². The summed E-state index contributed by atoms with van der Waals surface area (Å²) in [6.45, 7) is 2.84. The third-order valence-electron chi connectivity index (χ3n) is 4.19. The molecule has 1 heterocycles. The van der Waals surface area contributed by atoms with Crippen LogP contribution in [0.2, 0.25) is 5.02 Å². The number of benzene rings is 1. The molecule has 1 saturated carbocycles. The van der Waals surface area contributed by atoms with E-state index >= 15 is 0 Å². The second-order valence-corrected chi connectivity index (χ2v) is 7.22. The molecule has 3 nitrogen and oxygen atoms in total. The van der Waals surface area contributed by atoms with E-state index in [4.69, 9.17) is 17.3 Å². The normalized spacial score (nSPS) is 21.9. The highest BCUT2D eigenvalue weighted by Gasteiger charge is 2.44. The number of thioether (sulfide) groups is 1. The van der Waals surface area contributed by atoms with Crippen LogP contribution >= 0.6 is 23.4 Å². The number of guanidine groups is 1. The van der Waals surface area contributed by atoms with Gasteiger partial charge >= 0.3 is 0 Å². The van der Waals surface area contributed by atoms with Crippen LogP contribution in [0.1, 0.15) is 18.4 Å². The van der Waals surface area contributed by atoms with Crippen LogP contribution in [0.4, 0.5) is 0 Å². The minimum Gasteiger partial charge on any atom is -0.370 e. The van der Waals surface area contributed by atoms with Crippen molar-refractivity contribution in [1.82, 2.24) is 4.90 Å². The Morgan fingerprint density at radius 3 is 2.50 bits per heavy atom. The van der Waals surface area contributed by atoms with Gasteiger partial charge in [-0.3, -0.25) is 4.99 Å². The minimum absolute atomic E-state index is 0.208. The van der Waals surface area contributed by atoms with E-state index in [-0.39, 0.29) is 5.41 Å². The fourth-order valence-electron chi connectivity index (χ4n) is 2.62. The van der Waals surface area contributed by atoms with Crippen molar-refractivity contribution in [2.75, 3.05) is 31.1 Å². The predicted octanol–water partition coefficient (Wildman–Crippen LogP) is 2.74. The van der Waals surface area contributed by atoms with Gasteiger partial charge in [-0.25, -0.2) is 0 Å². The second kappa shape index (κ2) is 5.86. The number of nitrogens with two attached hydrogens (primary N) is 1. The Hall–Kier alpha value is -0.870. The van der Waals surface area contributed by atoms with Crippen LogP contribution in [-0.4, -0.2) is 42.0 Å². The largest absolute Gasteiger partial charge is 0.370 e. The van der Waals surface area contributed by atoms with E-state index in [1.54, 1.807) is 0 Å². The van der Waals surface area contributed by atoms with Crippen molar-refractivity contribution in [3.63, 3.8) is 0 Å². The fraction of sp³-hybridized carbons (Fsp3) is 0.533. The first kappa shape index (κ1) is 14.1. The molecule has 20 heavy (non-hydrogen) atoms. The molecule has 0 bridgehead atoms. The van der Waals surface area contributed by atoms with Gasteiger partial charge in [-0.05, 0) is 30.5 Å². The molecule has 1 saturated heterocycles. The maximum absolute atomic E-state index is 6.13. The van der Waals surface area contributed by atoms with Gasteiger partial charge in [0, 0.05) is 35.0 Å². The van der Waals surface area contributed by atoms with E-state index in [9.17, 15) is 0 Å². The van der Waals surface area contributed by atoms with Gasteiger partial charge in [0.25, 0.3) is 0 Å². The van der Waals surface area contributed by atoms with E-state index in [0.717, 1.165) is 36.2 Å². The summed E-state index contributed by atoms with van der Waals surface area (Å²) in [6.07, 6.45) is 2.39. The first-order valence-electron chi connectivity index (χ1n) is 7.08. The van der Waals surface area contributed by atoms with Gasteiger partial charge in [-0.2, -0.15) is 11.8 Å². The quantitative estimate of drug-likeness (QED) is 0.689. The van der Waals surface area contributed by atoms with E-state index < -0.39 is 0 Å². The Morgan fingerprint density at radius 1 is 1.25 bits per heavy atom. The van der Waals surface area contributed by atoms with Gasteiger partial charge in [-0.15, -0.1) is 0 Å². The Labute approximate surface area is 129 Å². The number of rotatable bonds is 3. The third kappa shape index (κ3) is 3.07. The lowest BCUT2D eigenvalue weighted by Crippen LogP contribution is -2.43. The summed E-state index contributed by atoms with van der Waals surface area (Å²) >= 11 is 7.94. The van der Waals surface area contributed by atoms with Crippen LogP contribution < -0.4 is 5.73 Å². The SMILES string of the molecule is NC(=NCC1(c2ccc(Cl)cc2)CC1)N1CCSCC1. The lowest BCUT2D eigenvalue weighted by atomic mass is 9.96. The van der Waals surface area contributed by atoms with Crippen LogP contribution in [0.3, 0.4) is 0 Å². The Morgan fingerprint density at radius 2 is 1.90 bits per heavy atom. The van der Waals surface area contributed by atoms with E-state index in [1.165, 1.54) is 18.4 Å². The summed E-state index contributed by atoms with van der Waals surface area (Å²) in [5.74, 6) is 3.02. The van der Waals surface area contributed by atoms with E-state index in [0.29, 0.717) is 5.96 Å². The molecule has 0 unspecified atom stereocenters. The third-order valence-corrected chi connectivity index (χ3v) is 5.38. The molecule has 0 atom stereocenters. The molecule has 0 spiro atoms. The molecule has 1 aliphatic carbocycles. The van der Waals surface area contributed by atoms with Crippen molar-refractivity contribution in [2.45, 2.75) is 18.3 Å². The van der Waals surface area contributed by atoms with Crippen molar-refractivity contribution < 1.29 is 0 Å². The van der Waals surface area contributed by atoms with Crippen molar-refractivity contribution >= 4 is 29.3 Å². The molecule has 0 radical (unpaired) electrons. The zero-order valence-corrected chi connectivity index (χ0v) is 13.1. The number of halogens is 1. The molecular weight excluding hydrogens is 290 g/mol. The van der Waals surface area contributed by atoms with E-state index in [1.807, 2.05) is 23.9 Å². The molecule has 0 aromatic heterocycles. The van der Waals surface area contributed by atoms with Gasteiger partial charge < -0.3 is 10.6 Å². The highest BCUT2D eigenvalue weighted by Crippen LogP contribution is 2.48. The molecule has 1 aromatic rings. The minimum atomic E-state index is 0.208. The van der Waals surface area contributed by atoms with Crippen molar-refractivity contribution in [2.24, 2.45) is 10.7 Å². The summed E-state index contributed by atoms with van der Waals surface area (Å²) in [6, 6.07) is 8.18. The zero-order chi connectivity index (χ0) is 14.0. The highest BCUT2D eigenvalue weighted by atomic mass is 35.5. The topological polar surface area (TPSA) is 41.6 Å². The smallest absolute Gasteiger partial charge is 0.191 e. The average Bonchev–Trinajstić information content (AvgIpc) is 3.27. The van der Waals surface area contributed by atoms with Crippen molar-refractivity contribution in [3.05, 3.63) is 34.9 Å².